The van der Waals surface area contributed by atoms with E-state index in [-0.39, 0.29) is 0 Å². The van der Waals surface area contributed by atoms with Gasteiger partial charge in [-0.15, -0.1) is 0 Å². The van der Waals surface area contributed by atoms with Gasteiger partial charge in [0.2, 0.25) is 0 Å². The molecule has 0 bridgehead atoms. The van der Waals surface area contributed by atoms with Crippen molar-refractivity contribution in [3.8, 4) is 0 Å². The van der Waals surface area contributed by atoms with Crippen molar-refractivity contribution in [1.82, 2.24) is 9.80 Å². The van der Waals surface area contributed by atoms with Crippen LogP contribution < -0.4 is 0 Å². The highest BCUT2D eigenvalue weighted by Crippen LogP contribution is 2.35. The van der Waals surface area contributed by atoms with Crippen molar-refractivity contribution in [2.75, 3.05) is 26.7 Å². The molecule has 0 saturated carbocycles. The van der Waals surface area contributed by atoms with Crippen molar-refractivity contribution in [2.45, 2.75) is 38.8 Å². The first-order chi connectivity index (χ1) is 5.98. The maximum atomic E-state index is 2.70. The van der Waals surface area contributed by atoms with Crippen LogP contribution in [0, 0.1) is 5.92 Å². The van der Waals surface area contributed by atoms with Crippen molar-refractivity contribution in [2.24, 2.45) is 5.92 Å². The van der Waals surface area contributed by atoms with E-state index in [1.807, 2.05) is 0 Å². The van der Waals surface area contributed by atoms with E-state index in [2.05, 4.69) is 37.6 Å². The van der Waals surface area contributed by atoms with Crippen LogP contribution in [0.2, 0.25) is 0 Å². The van der Waals surface area contributed by atoms with Crippen LogP contribution >= 0.6 is 0 Å². The maximum Gasteiger partial charge on any atom is 0.0269 e. The second-order valence-electron chi connectivity index (χ2n) is 5.70. The van der Waals surface area contributed by atoms with Gasteiger partial charge in [0.05, 0.1) is 0 Å². The molecular weight excluding hydrogens is 160 g/mol. The Morgan fingerprint density at radius 2 is 1.85 bits per heavy atom. The third-order valence-corrected chi connectivity index (χ3v) is 3.59. The Hall–Kier alpha value is -0.0800. The van der Waals surface area contributed by atoms with Crippen LogP contribution in [0.25, 0.3) is 0 Å². The largest absolute Gasteiger partial charge is 0.304 e. The van der Waals surface area contributed by atoms with Crippen LogP contribution in [-0.2, 0) is 0 Å². The molecule has 0 aromatic carbocycles. The predicted octanol–water partition coefficient (Wildman–Crippen LogP) is 1.42. The third kappa shape index (κ3) is 1.62. The minimum Gasteiger partial charge on any atom is -0.304 e. The van der Waals surface area contributed by atoms with Gasteiger partial charge in [-0.1, -0.05) is 0 Å². The molecule has 0 aliphatic carbocycles. The molecule has 0 radical (unpaired) electrons. The number of likely N-dealkylation sites (N-methyl/N-ethyl adjacent to an activating group) is 1. The Labute approximate surface area is 81.9 Å². The molecule has 2 aliphatic rings. The monoisotopic (exact) mass is 182 g/mol. The standard InChI is InChI=1S/C11H22N2/c1-11(2,3)13-6-5-9-7-12(4)8-10(9)13/h9-10H,5-8H2,1-4H3/t9-,10+/m1/s1. The fraction of sp³-hybridized carbons (Fsp3) is 1.00. The Bertz CT molecular complexity index is 195. The summed E-state index contributed by atoms with van der Waals surface area (Å²) in [7, 11) is 2.25. The van der Waals surface area contributed by atoms with Gasteiger partial charge in [0, 0.05) is 24.7 Å². The molecule has 0 aromatic rings. The van der Waals surface area contributed by atoms with Crippen molar-refractivity contribution >= 4 is 0 Å². The lowest BCUT2D eigenvalue weighted by atomic mass is 10.0. The number of nitrogens with zero attached hydrogens (tertiary/aromatic N) is 2. The zero-order valence-corrected chi connectivity index (χ0v) is 9.38. The molecule has 0 unspecified atom stereocenters. The molecule has 2 nitrogen and oxygen atoms in total. The van der Waals surface area contributed by atoms with Crippen LogP contribution in [0.3, 0.4) is 0 Å². The molecule has 2 aliphatic heterocycles. The lowest BCUT2D eigenvalue weighted by Crippen LogP contribution is -2.46. The third-order valence-electron chi connectivity index (χ3n) is 3.59. The first-order valence-corrected chi connectivity index (χ1v) is 5.44. The molecule has 0 amide bonds. The van der Waals surface area contributed by atoms with Crippen LogP contribution in [0.4, 0.5) is 0 Å². The highest BCUT2D eigenvalue weighted by Gasteiger charge is 2.43. The first kappa shape index (κ1) is 9.47. The minimum atomic E-state index is 0.366. The van der Waals surface area contributed by atoms with Gasteiger partial charge in [-0.2, -0.15) is 0 Å². The number of fused-ring (bicyclic) bond motifs is 1. The molecular formula is C11H22N2. The van der Waals surface area contributed by atoms with E-state index >= 15 is 0 Å². The Kier molecular flexibility index (Phi) is 2.16. The van der Waals surface area contributed by atoms with Gasteiger partial charge in [0.15, 0.2) is 0 Å². The van der Waals surface area contributed by atoms with Gasteiger partial charge in [0.25, 0.3) is 0 Å². The zero-order chi connectivity index (χ0) is 9.64. The van der Waals surface area contributed by atoms with E-state index in [0.29, 0.717) is 5.54 Å². The summed E-state index contributed by atoms with van der Waals surface area (Å²) < 4.78 is 0. The Morgan fingerprint density at radius 1 is 1.15 bits per heavy atom. The summed E-state index contributed by atoms with van der Waals surface area (Å²) in [5, 5.41) is 0. The maximum absolute atomic E-state index is 2.70. The molecule has 2 heteroatoms. The van der Waals surface area contributed by atoms with E-state index < -0.39 is 0 Å². The van der Waals surface area contributed by atoms with E-state index in [1.54, 1.807) is 0 Å². The molecule has 2 rings (SSSR count). The summed E-state index contributed by atoms with van der Waals surface area (Å²) in [6.45, 7) is 10.9. The summed E-state index contributed by atoms with van der Waals surface area (Å²) in [6.07, 6.45) is 1.41. The van der Waals surface area contributed by atoms with E-state index in [9.17, 15) is 0 Å². The number of rotatable bonds is 0. The van der Waals surface area contributed by atoms with E-state index in [0.717, 1.165) is 12.0 Å². The van der Waals surface area contributed by atoms with Crippen molar-refractivity contribution in [3.63, 3.8) is 0 Å². The molecule has 0 N–H and O–H groups in total. The topological polar surface area (TPSA) is 6.48 Å². The van der Waals surface area contributed by atoms with Crippen LogP contribution in [0.5, 0.6) is 0 Å². The van der Waals surface area contributed by atoms with Gasteiger partial charge in [-0.3, -0.25) is 4.90 Å². The molecule has 0 spiro atoms. The molecule has 2 saturated heterocycles. The summed E-state index contributed by atoms with van der Waals surface area (Å²) >= 11 is 0. The van der Waals surface area contributed by atoms with Crippen molar-refractivity contribution < 1.29 is 0 Å². The number of hydrogen-bond donors (Lipinski definition) is 0. The molecule has 13 heavy (non-hydrogen) atoms. The molecule has 2 heterocycles. The van der Waals surface area contributed by atoms with Crippen LogP contribution in [-0.4, -0.2) is 48.1 Å². The highest BCUT2D eigenvalue weighted by atomic mass is 15.3. The predicted molar refractivity (Wildman–Crippen MR) is 55.9 cm³/mol. The van der Waals surface area contributed by atoms with Crippen LogP contribution in [0.1, 0.15) is 27.2 Å². The fourth-order valence-corrected chi connectivity index (χ4v) is 3.01. The zero-order valence-electron chi connectivity index (χ0n) is 9.38. The average Bonchev–Trinajstić information content (AvgIpc) is 2.41. The second kappa shape index (κ2) is 2.96. The van der Waals surface area contributed by atoms with Gasteiger partial charge in [0.1, 0.15) is 0 Å². The molecule has 2 atom stereocenters. The fourth-order valence-electron chi connectivity index (χ4n) is 3.01. The van der Waals surface area contributed by atoms with E-state index in [4.69, 9.17) is 0 Å². The summed E-state index contributed by atoms with van der Waals surface area (Å²) in [5.74, 6) is 0.948. The Balaban J connectivity index is 2.09. The van der Waals surface area contributed by atoms with Gasteiger partial charge in [-0.05, 0) is 46.7 Å². The quantitative estimate of drug-likeness (QED) is 0.559. The molecule has 2 fully saturated rings. The molecule has 0 aromatic heterocycles. The SMILES string of the molecule is CN1C[C@H]2CCN(C(C)(C)C)[C@H]2C1. The minimum absolute atomic E-state index is 0.366. The second-order valence-corrected chi connectivity index (χ2v) is 5.70. The first-order valence-electron chi connectivity index (χ1n) is 5.44. The van der Waals surface area contributed by atoms with E-state index in [1.165, 1.54) is 26.1 Å². The molecule has 76 valence electrons. The summed E-state index contributed by atoms with van der Waals surface area (Å²) in [4.78, 5) is 5.18. The summed E-state index contributed by atoms with van der Waals surface area (Å²) in [5.41, 5.74) is 0.366. The number of hydrogen-bond acceptors (Lipinski definition) is 2. The normalized spacial score (nSPS) is 36.9. The smallest absolute Gasteiger partial charge is 0.0269 e. The lowest BCUT2D eigenvalue weighted by molar-refractivity contribution is 0.115. The average molecular weight is 182 g/mol. The van der Waals surface area contributed by atoms with Gasteiger partial charge < -0.3 is 4.90 Å². The van der Waals surface area contributed by atoms with Crippen molar-refractivity contribution in [1.29, 1.82) is 0 Å². The van der Waals surface area contributed by atoms with Crippen LogP contribution in [0.15, 0.2) is 0 Å². The van der Waals surface area contributed by atoms with Gasteiger partial charge >= 0.3 is 0 Å². The highest BCUT2D eigenvalue weighted by molar-refractivity contribution is 4.99. The van der Waals surface area contributed by atoms with Crippen molar-refractivity contribution in [3.05, 3.63) is 0 Å². The lowest BCUT2D eigenvalue weighted by Gasteiger charge is -2.36. The summed E-state index contributed by atoms with van der Waals surface area (Å²) in [6, 6.07) is 0.838. The number of likely N-dealkylation sites (tertiary alicyclic amines) is 2. The Morgan fingerprint density at radius 3 is 2.46 bits per heavy atom. The van der Waals surface area contributed by atoms with Gasteiger partial charge in [-0.25, -0.2) is 0 Å².